The van der Waals surface area contributed by atoms with E-state index in [-0.39, 0.29) is 12.1 Å². The summed E-state index contributed by atoms with van der Waals surface area (Å²) in [6.45, 7) is 0.0801. The molecule has 1 N–H and O–H groups in total. The number of alkyl halides is 3. The minimum atomic E-state index is -4.43. The predicted octanol–water partition coefficient (Wildman–Crippen LogP) is 2.53. The summed E-state index contributed by atoms with van der Waals surface area (Å²) in [7, 11) is 1.46. The second-order valence-corrected chi connectivity index (χ2v) is 6.90. The minimum absolute atomic E-state index is 0.0801. The van der Waals surface area contributed by atoms with E-state index in [1.165, 1.54) is 28.8 Å². The number of likely N-dealkylation sites (N-methyl/N-ethyl adjacent to an activating group) is 1. The SMILES string of the molecule is CN1C(=O)C(O)C(=O)c2cc(-c3cn(Cc4cccc(C(F)(F)F)c4)nn3)ccc21. The molecular weight excluding hydrogens is 401 g/mol. The van der Waals surface area contributed by atoms with Crippen LogP contribution in [0.25, 0.3) is 11.3 Å². The zero-order valence-corrected chi connectivity index (χ0v) is 15.6. The van der Waals surface area contributed by atoms with Crippen molar-refractivity contribution in [2.75, 3.05) is 11.9 Å². The lowest BCUT2D eigenvalue weighted by Crippen LogP contribution is -2.46. The maximum atomic E-state index is 12.9. The highest BCUT2D eigenvalue weighted by atomic mass is 19.4. The van der Waals surface area contributed by atoms with E-state index >= 15 is 0 Å². The quantitative estimate of drug-likeness (QED) is 0.663. The van der Waals surface area contributed by atoms with Crippen LogP contribution in [0.15, 0.2) is 48.7 Å². The fraction of sp³-hybridized carbons (Fsp3) is 0.200. The van der Waals surface area contributed by atoms with Crippen molar-refractivity contribution < 1.29 is 27.9 Å². The number of anilines is 1. The lowest BCUT2D eigenvalue weighted by Gasteiger charge is -2.28. The smallest absolute Gasteiger partial charge is 0.376 e. The monoisotopic (exact) mass is 416 g/mol. The molecule has 30 heavy (non-hydrogen) atoms. The first-order chi connectivity index (χ1) is 14.1. The molecule has 0 saturated heterocycles. The van der Waals surface area contributed by atoms with E-state index in [4.69, 9.17) is 0 Å². The fourth-order valence-electron chi connectivity index (χ4n) is 3.29. The average Bonchev–Trinajstić information content (AvgIpc) is 3.18. The summed E-state index contributed by atoms with van der Waals surface area (Å²) in [6.07, 6.45) is -4.65. The van der Waals surface area contributed by atoms with Gasteiger partial charge in [0.05, 0.1) is 24.0 Å². The molecule has 0 saturated carbocycles. The van der Waals surface area contributed by atoms with Crippen molar-refractivity contribution in [2.45, 2.75) is 18.8 Å². The van der Waals surface area contributed by atoms with Gasteiger partial charge in [0.15, 0.2) is 6.10 Å². The highest BCUT2D eigenvalue weighted by Crippen LogP contribution is 2.31. The van der Waals surface area contributed by atoms with Gasteiger partial charge in [-0.15, -0.1) is 5.10 Å². The Hall–Kier alpha value is -3.53. The molecule has 2 heterocycles. The van der Waals surface area contributed by atoms with Gasteiger partial charge in [0.25, 0.3) is 5.91 Å². The molecule has 1 unspecified atom stereocenters. The number of halogens is 3. The van der Waals surface area contributed by atoms with Crippen molar-refractivity contribution in [1.82, 2.24) is 15.0 Å². The van der Waals surface area contributed by atoms with Gasteiger partial charge < -0.3 is 10.0 Å². The number of aliphatic hydroxyl groups is 1. The van der Waals surface area contributed by atoms with E-state index in [1.807, 2.05) is 0 Å². The number of ketones is 1. The summed E-state index contributed by atoms with van der Waals surface area (Å²) in [5.74, 6) is -1.40. The summed E-state index contributed by atoms with van der Waals surface area (Å²) in [5.41, 5.74) is 1.12. The Labute approximate surface area is 168 Å². The van der Waals surface area contributed by atoms with Gasteiger partial charge in [-0.05, 0) is 29.8 Å². The Morgan fingerprint density at radius 2 is 1.90 bits per heavy atom. The summed E-state index contributed by atoms with van der Waals surface area (Å²) in [4.78, 5) is 25.4. The van der Waals surface area contributed by atoms with Crippen LogP contribution in [0, 0.1) is 0 Å². The molecule has 1 aliphatic rings. The average molecular weight is 416 g/mol. The lowest BCUT2D eigenvalue weighted by atomic mass is 9.95. The third-order valence-electron chi connectivity index (χ3n) is 4.87. The molecule has 1 aromatic heterocycles. The number of fused-ring (bicyclic) bond motifs is 1. The molecule has 0 fully saturated rings. The molecule has 10 heteroatoms. The van der Waals surface area contributed by atoms with Crippen molar-refractivity contribution in [3.63, 3.8) is 0 Å². The molecule has 1 atom stereocenters. The van der Waals surface area contributed by atoms with Crippen LogP contribution in [0.1, 0.15) is 21.5 Å². The molecule has 1 amide bonds. The number of rotatable bonds is 3. The summed E-state index contributed by atoms with van der Waals surface area (Å²) in [6, 6.07) is 9.65. The third kappa shape index (κ3) is 3.45. The molecule has 0 radical (unpaired) electrons. The zero-order chi connectivity index (χ0) is 21.6. The van der Waals surface area contributed by atoms with Crippen molar-refractivity contribution in [3.05, 3.63) is 65.4 Å². The Kier molecular flexibility index (Phi) is 4.65. The van der Waals surface area contributed by atoms with E-state index in [0.717, 1.165) is 12.1 Å². The number of hydrogen-bond acceptors (Lipinski definition) is 5. The number of carbonyl (C=O) groups is 2. The van der Waals surface area contributed by atoms with E-state index in [2.05, 4.69) is 10.3 Å². The van der Waals surface area contributed by atoms with Crippen LogP contribution < -0.4 is 4.90 Å². The number of carbonyl (C=O) groups excluding carboxylic acids is 2. The zero-order valence-electron chi connectivity index (χ0n) is 15.6. The second kappa shape index (κ2) is 7.06. The van der Waals surface area contributed by atoms with Gasteiger partial charge in [-0.3, -0.25) is 9.59 Å². The molecule has 0 bridgehead atoms. The number of hydrogen-bond donors (Lipinski definition) is 1. The lowest BCUT2D eigenvalue weighted by molar-refractivity contribution is -0.137. The molecule has 7 nitrogen and oxygen atoms in total. The molecule has 4 rings (SSSR count). The van der Waals surface area contributed by atoms with Crippen LogP contribution in [0.3, 0.4) is 0 Å². The number of benzene rings is 2. The molecular formula is C20H15F3N4O3. The van der Waals surface area contributed by atoms with Crippen molar-refractivity contribution in [3.8, 4) is 11.3 Å². The normalized spacial score (nSPS) is 16.7. The van der Waals surface area contributed by atoms with Crippen LogP contribution in [0.2, 0.25) is 0 Å². The van der Waals surface area contributed by atoms with Gasteiger partial charge in [0.1, 0.15) is 5.69 Å². The van der Waals surface area contributed by atoms with Crippen molar-refractivity contribution in [2.24, 2.45) is 0 Å². The first-order valence-electron chi connectivity index (χ1n) is 8.85. The molecule has 0 aliphatic carbocycles. The van der Waals surface area contributed by atoms with Crippen molar-refractivity contribution in [1.29, 1.82) is 0 Å². The van der Waals surface area contributed by atoms with Gasteiger partial charge in [-0.2, -0.15) is 13.2 Å². The second-order valence-electron chi connectivity index (χ2n) is 6.90. The summed E-state index contributed by atoms with van der Waals surface area (Å²) >= 11 is 0. The third-order valence-corrected chi connectivity index (χ3v) is 4.87. The van der Waals surface area contributed by atoms with Gasteiger partial charge in [-0.25, -0.2) is 4.68 Å². The number of nitrogens with zero attached hydrogens (tertiary/aromatic N) is 4. The Morgan fingerprint density at radius 1 is 1.13 bits per heavy atom. The Morgan fingerprint density at radius 3 is 2.63 bits per heavy atom. The van der Waals surface area contributed by atoms with E-state index in [9.17, 15) is 27.9 Å². The number of amides is 1. The first-order valence-corrected chi connectivity index (χ1v) is 8.85. The molecule has 2 aromatic carbocycles. The van der Waals surface area contributed by atoms with Crippen LogP contribution in [-0.4, -0.2) is 44.9 Å². The fourth-order valence-corrected chi connectivity index (χ4v) is 3.29. The van der Waals surface area contributed by atoms with Crippen LogP contribution in [0.5, 0.6) is 0 Å². The molecule has 3 aromatic rings. The van der Waals surface area contributed by atoms with Gasteiger partial charge in [0.2, 0.25) is 5.78 Å². The Balaban J connectivity index is 1.61. The van der Waals surface area contributed by atoms with Gasteiger partial charge in [0, 0.05) is 18.2 Å². The molecule has 154 valence electrons. The number of aliphatic hydroxyl groups excluding tert-OH is 1. The molecule has 0 spiro atoms. The van der Waals surface area contributed by atoms with Crippen LogP contribution >= 0.6 is 0 Å². The largest absolute Gasteiger partial charge is 0.416 e. The highest BCUT2D eigenvalue weighted by Gasteiger charge is 2.36. The van der Waals surface area contributed by atoms with Gasteiger partial charge >= 0.3 is 6.18 Å². The maximum Gasteiger partial charge on any atom is 0.416 e. The summed E-state index contributed by atoms with van der Waals surface area (Å²) in [5, 5.41) is 17.8. The predicted molar refractivity (Wildman–Crippen MR) is 99.8 cm³/mol. The van der Waals surface area contributed by atoms with Crippen LogP contribution in [-0.2, 0) is 17.5 Å². The standard InChI is InChI=1S/C20H15F3N4O3/c1-26-16-6-5-12(8-14(16)17(28)18(29)19(26)30)15-10-27(25-24-15)9-11-3-2-4-13(7-11)20(21,22)23/h2-8,10,18,29H,9H2,1H3. The van der Waals surface area contributed by atoms with E-state index in [1.54, 1.807) is 24.4 Å². The Bertz CT molecular complexity index is 1160. The topological polar surface area (TPSA) is 88.3 Å². The van der Waals surface area contributed by atoms with E-state index < -0.39 is 29.5 Å². The van der Waals surface area contributed by atoms with E-state index in [0.29, 0.717) is 22.5 Å². The highest BCUT2D eigenvalue weighted by molar-refractivity contribution is 6.23. The maximum absolute atomic E-state index is 12.9. The first kappa shape index (κ1) is 19.8. The number of aromatic nitrogens is 3. The van der Waals surface area contributed by atoms with Gasteiger partial charge in [-0.1, -0.05) is 23.4 Å². The van der Waals surface area contributed by atoms with Crippen LogP contribution in [0.4, 0.5) is 18.9 Å². The molecule has 1 aliphatic heterocycles. The minimum Gasteiger partial charge on any atom is -0.376 e. The summed E-state index contributed by atoms with van der Waals surface area (Å²) < 4.78 is 40.0. The number of Topliss-reactive ketones (excluding diaryl/α,β-unsaturated/α-hetero) is 1. The van der Waals surface area contributed by atoms with Crippen molar-refractivity contribution >= 4 is 17.4 Å².